The van der Waals surface area contributed by atoms with Crippen LogP contribution in [-0.4, -0.2) is 38.5 Å². The van der Waals surface area contributed by atoms with Crippen molar-refractivity contribution in [3.63, 3.8) is 0 Å². The molecule has 37 heavy (non-hydrogen) atoms. The summed E-state index contributed by atoms with van der Waals surface area (Å²) >= 11 is 0. The standard InChI is InChI=1S/C28H22O9/c1-32-19-5-3-15(9-21(19)33-2)17-13-36-28-25-16(14-4-6-20-22(10-14)35-8-7-34-20)11-24(30)37-23(25)12-18(29)26(28)27(17)31/h3-6,9-10,12-13,16,29H,7-8,11H2,1-2H3. The number of carbonyl (C=O) groups excluding carboxylic acids is 1. The van der Waals surface area contributed by atoms with Gasteiger partial charge in [-0.15, -0.1) is 0 Å². The highest BCUT2D eigenvalue weighted by Gasteiger charge is 2.34. The summed E-state index contributed by atoms with van der Waals surface area (Å²) in [5.41, 5.74) is 1.73. The topological polar surface area (TPSA) is 114 Å². The Morgan fingerprint density at radius 3 is 2.46 bits per heavy atom. The van der Waals surface area contributed by atoms with Crippen molar-refractivity contribution in [2.45, 2.75) is 12.3 Å². The Morgan fingerprint density at radius 2 is 1.68 bits per heavy atom. The van der Waals surface area contributed by atoms with Crippen molar-refractivity contribution >= 4 is 16.9 Å². The van der Waals surface area contributed by atoms with Crippen LogP contribution in [0.15, 0.2) is 57.9 Å². The lowest BCUT2D eigenvalue weighted by molar-refractivity contribution is -0.135. The Bertz CT molecular complexity index is 1620. The molecule has 9 heteroatoms. The lowest BCUT2D eigenvalue weighted by atomic mass is 9.84. The van der Waals surface area contributed by atoms with Crippen LogP contribution in [0, 0.1) is 0 Å². The van der Waals surface area contributed by atoms with Gasteiger partial charge in [0.25, 0.3) is 0 Å². The molecule has 3 heterocycles. The van der Waals surface area contributed by atoms with E-state index in [1.54, 1.807) is 24.3 Å². The maximum absolute atomic E-state index is 13.7. The number of aromatic hydroxyl groups is 1. The fourth-order valence-corrected chi connectivity index (χ4v) is 4.90. The van der Waals surface area contributed by atoms with Crippen LogP contribution < -0.4 is 29.1 Å². The molecule has 2 aliphatic rings. The molecule has 0 amide bonds. The van der Waals surface area contributed by atoms with Crippen LogP contribution >= 0.6 is 0 Å². The highest BCUT2D eigenvalue weighted by Crippen LogP contribution is 2.47. The number of hydrogen-bond acceptors (Lipinski definition) is 9. The number of benzene rings is 3. The summed E-state index contributed by atoms with van der Waals surface area (Å²) in [6, 6.07) is 11.8. The van der Waals surface area contributed by atoms with Crippen LogP contribution in [0.2, 0.25) is 0 Å². The fourth-order valence-electron chi connectivity index (χ4n) is 4.90. The van der Waals surface area contributed by atoms with E-state index in [1.165, 1.54) is 26.5 Å². The van der Waals surface area contributed by atoms with Gasteiger partial charge in [0, 0.05) is 17.5 Å². The number of phenols is 1. The van der Waals surface area contributed by atoms with Crippen LogP contribution in [-0.2, 0) is 4.79 Å². The molecule has 0 saturated heterocycles. The van der Waals surface area contributed by atoms with Gasteiger partial charge in [0.1, 0.15) is 41.9 Å². The van der Waals surface area contributed by atoms with Crippen LogP contribution in [0.1, 0.15) is 23.5 Å². The van der Waals surface area contributed by atoms with Crippen LogP contribution in [0.25, 0.3) is 22.1 Å². The average Bonchev–Trinajstić information content (AvgIpc) is 2.91. The second-order valence-corrected chi connectivity index (χ2v) is 8.69. The first-order valence-electron chi connectivity index (χ1n) is 11.6. The molecule has 1 aromatic heterocycles. The minimum absolute atomic E-state index is 0.00785. The molecule has 6 rings (SSSR count). The minimum Gasteiger partial charge on any atom is -0.507 e. The molecule has 0 radical (unpaired) electrons. The van der Waals surface area contributed by atoms with Gasteiger partial charge in [-0.3, -0.25) is 9.59 Å². The van der Waals surface area contributed by atoms with E-state index in [4.69, 9.17) is 28.1 Å². The van der Waals surface area contributed by atoms with Crippen molar-refractivity contribution in [2.24, 2.45) is 0 Å². The second kappa shape index (κ2) is 8.77. The van der Waals surface area contributed by atoms with Crippen molar-refractivity contribution in [3.05, 3.63) is 70.1 Å². The predicted molar refractivity (Wildman–Crippen MR) is 132 cm³/mol. The first kappa shape index (κ1) is 22.8. The van der Waals surface area contributed by atoms with E-state index in [9.17, 15) is 14.7 Å². The number of phenolic OH excluding ortho intramolecular Hbond substituents is 1. The van der Waals surface area contributed by atoms with Crippen molar-refractivity contribution in [1.29, 1.82) is 0 Å². The van der Waals surface area contributed by atoms with E-state index in [0.29, 0.717) is 47.3 Å². The molecule has 0 aliphatic carbocycles. The molecule has 1 unspecified atom stereocenters. The van der Waals surface area contributed by atoms with E-state index < -0.39 is 17.3 Å². The summed E-state index contributed by atoms with van der Waals surface area (Å²) in [7, 11) is 3.02. The summed E-state index contributed by atoms with van der Waals surface area (Å²) in [5, 5.41) is 10.8. The average molecular weight is 502 g/mol. The molecular formula is C28H22O9. The molecule has 1 atom stereocenters. The number of esters is 1. The molecule has 0 saturated carbocycles. The third-order valence-corrected chi connectivity index (χ3v) is 6.63. The molecule has 2 aliphatic heterocycles. The number of methoxy groups -OCH3 is 2. The summed E-state index contributed by atoms with van der Waals surface area (Å²) in [6.07, 6.45) is 1.36. The van der Waals surface area contributed by atoms with E-state index in [1.807, 2.05) is 12.1 Å². The molecule has 188 valence electrons. The molecule has 0 bridgehead atoms. The first-order valence-corrected chi connectivity index (χ1v) is 11.6. The summed E-state index contributed by atoms with van der Waals surface area (Å²) in [4.78, 5) is 26.1. The van der Waals surface area contributed by atoms with Gasteiger partial charge < -0.3 is 33.2 Å². The minimum atomic E-state index is -0.495. The zero-order valence-electron chi connectivity index (χ0n) is 20.0. The van der Waals surface area contributed by atoms with E-state index in [0.717, 1.165) is 5.56 Å². The fraction of sp³-hybridized carbons (Fsp3) is 0.214. The lowest BCUT2D eigenvalue weighted by Crippen LogP contribution is -2.22. The highest BCUT2D eigenvalue weighted by atomic mass is 16.6. The highest BCUT2D eigenvalue weighted by molar-refractivity contribution is 5.94. The van der Waals surface area contributed by atoms with Crippen molar-refractivity contribution in [3.8, 4) is 45.6 Å². The van der Waals surface area contributed by atoms with Crippen molar-refractivity contribution in [1.82, 2.24) is 0 Å². The SMILES string of the molecule is COc1ccc(-c2coc3c4c(cc(O)c3c2=O)OC(=O)CC4c2ccc3c(c2)OCCO3)cc1OC. The predicted octanol–water partition coefficient (Wildman–Crippen LogP) is 4.40. The Labute approximate surface area is 210 Å². The zero-order chi connectivity index (χ0) is 25.7. The molecular weight excluding hydrogens is 480 g/mol. The monoisotopic (exact) mass is 502 g/mol. The van der Waals surface area contributed by atoms with Gasteiger partial charge in [-0.05, 0) is 35.4 Å². The third kappa shape index (κ3) is 3.70. The Balaban J connectivity index is 1.54. The number of carbonyl (C=O) groups is 1. The largest absolute Gasteiger partial charge is 0.507 e. The molecule has 9 nitrogen and oxygen atoms in total. The second-order valence-electron chi connectivity index (χ2n) is 8.69. The molecule has 0 fully saturated rings. The number of hydrogen-bond donors (Lipinski definition) is 1. The van der Waals surface area contributed by atoms with Gasteiger partial charge in [-0.1, -0.05) is 12.1 Å². The van der Waals surface area contributed by atoms with Gasteiger partial charge in [0.05, 0.1) is 26.2 Å². The van der Waals surface area contributed by atoms with E-state index in [-0.39, 0.29) is 34.5 Å². The van der Waals surface area contributed by atoms with Gasteiger partial charge in [-0.25, -0.2) is 0 Å². The van der Waals surface area contributed by atoms with Crippen LogP contribution in [0.4, 0.5) is 0 Å². The maximum atomic E-state index is 13.7. The molecule has 0 spiro atoms. The van der Waals surface area contributed by atoms with E-state index >= 15 is 0 Å². The lowest BCUT2D eigenvalue weighted by Gasteiger charge is -2.27. The third-order valence-electron chi connectivity index (χ3n) is 6.63. The van der Waals surface area contributed by atoms with Gasteiger partial charge in [0.2, 0.25) is 5.43 Å². The van der Waals surface area contributed by atoms with Crippen LogP contribution in [0.3, 0.4) is 0 Å². The quantitative estimate of drug-likeness (QED) is 0.320. The van der Waals surface area contributed by atoms with E-state index in [2.05, 4.69) is 0 Å². The Hall–Kier alpha value is -4.66. The summed E-state index contributed by atoms with van der Waals surface area (Å²) in [5.74, 6) is 0.987. The number of ether oxygens (including phenoxy) is 5. The molecule has 1 N–H and O–H groups in total. The van der Waals surface area contributed by atoms with Crippen molar-refractivity contribution < 1.29 is 38.0 Å². The molecule has 3 aromatic carbocycles. The number of rotatable bonds is 4. The Kier molecular flexibility index (Phi) is 5.40. The van der Waals surface area contributed by atoms with Gasteiger partial charge in [0.15, 0.2) is 23.0 Å². The van der Waals surface area contributed by atoms with Crippen molar-refractivity contribution in [2.75, 3.05) is 27.4 Å². The van der Waals surface area contributed by atoms with Gasteiger partial charge in [-0.2, -0.15) is 0 Å². The van der Waals surface area contributed by atoms with Gasteiger partial charge >= 0.3 is 5.97 Å². The normalized spacial score (nSPS) is 16.2. The maximum Gasteiger partial charge on any atom is 0.312 e. The first-order chi connectivity index (χ1) is 18.0. The zero-order valence-corrected chi connectivity index (χ0v) is 20.0. The number of fused-ring (bicyclic) bond motifs is 4. The molecule has 4 aromatic rings. The van der Waals surface area contributed by atoms with Crippen LogP contribution in [0.5, 0.6) is 34.5 Å². The smallest absolute Gasteiger partial charge is 0.312 e. The Morgan fingerprint density at radius 1 is 0.892 bits per heavy atom. The summed E-state index contributed by atoms with van der Waals surface area (Å²) in [6.45, 7) is 0.882. The summed E-state index contributed by atoms with van der Waals surface area (Å²) < 4.78 is 33.4.